The van der Waals surface area contributed by atoms with Gasteiger partial charge in [-0.3, -0.25) is 9.88 Å². The fraction of sp³-hybridized carbons (Fsp3) is 0.133. The van der Waals surface area contributed by atoms with Crippen LogP contribution in [0.1, 0.15) is 22.5 Å². The molecule has 2 aromatic rings. The molecule has 0 heterocycles. The van der Waals surface area contributed by atoms with Gasteiger partial charge in [0.15, 0.2) is 0 Å². The van der Waals surface area contributed by atoms with Crippen molar-refractivity contribution >= 4 is 7.60 Å². The zero-order chi connectivity index (χ0) is 16.2. The van der Waals surface area contributed by atoms with Crippen molar-refractivity contribution < 1.29 is 18.7 Å². The molecular formula is C15H14FN2O3P. The first-order chi connectivity index (χ1) is 10.4. The van der Waals surface area contributed by atoms with E-state index in [1.54, 1.807) is 18.2 Å². The molecule has 0 radical (unpaired) electrons. The molecule has 5 nitrogen and oxygen atoms in total. The minimum Gasteiger partial charge on any atom is -0.323 e. The predicted molar refractivity (Wildman–Crippen MR) is 79.2 cm³/mol. The maximum atomic E-state index is 12.8. The van der Waals surface area contributed by atoms with Crippen LogP contribution in [-0.4, -0.2) is 9.79 Å². The van der Waals surface area contributed by atoms with Gasteiger partial charge in [-0.15, -0.1) is 0 Å². The van der Waals surface area contributed by atoms with E-state index in [0.29, 0.717) is 16.7 Å². The van der Waals surface area contributed by atoms with E-state index in [2.05, 4.69) is 5.32 Å². The zero-order valence-corrected chi connectivity index (χ0v) is 12.4. The SMILES string of the molecule is N#Cc1cccc([C@@H](NCc2ccc(F)cc2)P(=O)(O)O)c1. The predicted octanol–water partition coefficient (Wildman–Crippen LogP) is 2.66. The van der Waals surface area contributed by atoms with Crippen LogP contribution in [0.5, 0.6) is 0 Å². The van der Waals surface area contributed by atoms with Crippen molar-refractivity contribution in [2.24, 2.45) is 0 Å². The van der Waals surface area contributed by atoms with E-state index >= 15 is 0 Å². The molecule has 3 N–H and O–H groups in total. The van der Waals surface area contributed by atoms with E-state index in [9.17, 15) is 18.7 Å². The maximum Gasteiger partial charge on any atom is 0.346 e. The molecule has 0 aliphatic heterocycles. The van der Waals surface area contributed by atoms with Crippen molar-refractivity contribution in [2.45, 2.75) is 12.3 Å². The third kappa shape index (κ3) is 4.23. The van der Waals surface area contributed by atoms with Gasteiger partial charge < -0.3 is 9.79 Å². The van der Waals surface area contributed by atoms with Crippen LogP contribution in [0.15, 0.2) is 48.5 Å². The Morgan fingerprint density at radius 3 is 2.50 bits per heavy atom. The normalized spacial score (nSPS) is 12.6. The smallest absolute Gasteiger partial charge is 0.323 e. The molecule has 0 spiro atoms. The first kappa shape index (κ1) is 16.3. The Labute approximate surface area is 127 Å². The summed E-state index contributed by atoms with van der Waals surface area (Å²) in [6.07, 6.45) is 0. The van der Waals surface area contributed by atoms with Crippen molar-refractivity contribution in [2.75, 3.05) is 0 Å². The summed E-state index contributed by atoms with van der Waals surface area (Å²) in [5, 5.41) is 11.6. The lowest BCUT2D eigenvalue weighted by atomic mass is 10.1. The number of nitrogens with one attached hydrogen (secondary N) is 1. The second-order valence-electron chi connectivity index (χ2n) is 4.74. The van der Waals surface area contributed by atoms with Gasteiger partial charge in [-0.25, -0.2) is 4.39 Å². The lowest BCUT2D eigenvalue weighted by Crippen LogP contribution is -2.21. The molecule has 7 heteroatoms. The number of nitriles is 1. The van der Waals surface area contributed by atoms with Crippen LogP contribution in [0.4, 0.5) is 4.39 Å². The van der Waals surface area contributed by atoms with Gasteiger partial charge in [0.25, 0.3) is 0 Å². The number of hydrogen-bond donors (Lipinski definition) is 3. The van der Waals surface area contributed by atoms with Crippen LogP contribution in [0, 0.1) is 17.1 Å². The highest BCUT2D eigenvalue weighted by atomic mass is 31.2. The highest BCUT2D eigenvalue weighted by molar-refractivity contribution is 7.52. The van der Waals surface area contributed by atoms with E-state index in [1.807, 2.05) is 6.07 Å². The van der Waals surface area contributed by atoms with Crippen LogP contribution >= 0.6 is 7.60 Å². The number of benzene rings is 2. The first-order valence-electron chi connectivity index (χ1n) is 6.43. The quantitative estimate of drug-likeness (QED) is 0.737. The minimum absolute atomic E-state index is 0.160. The van der Waals surface area contributed by atoms with Gasteiger partial charge in [-0.1, -0.05) is 24.3 Å². The lowest BCUT2D eigenvalue weighted by molar-refractivity contribution is 0.347. The summed E-state index contributed by atoms with van der Waals surface area (Å²) < 4.78 is 24.5. The molecule has 0 bridgehead atoms. The average Bonchev–Trinajstić information content (AvgIpc) is 2.48. The highest BCUT2D eigenvalue weighted by Crippen LogP contribution is 2.50. The Morgan fingerprint density at radius 2 is 1.91 bits per heavy atom. The summed E-state index contributed by atoms with van der Waals surface area (Å²) in [5.74, 6) is -1.61. The summed E-state index contributed by atoms with van der Waals surface area (Å²) in [7, 11) is -4.47. The van der Waals surface area contributed by atoms with Gasteiger partial charge >= 0.3 is 7.60 Å². The molecule has 22 heavy (non-hydrogen) atoms. The fourth-order valence-electron chi connectivity index (χ4n) is 2.03. The Morgan fingerprint density at radius 1 is 1.23 bits per heavy atom. The first-order valence-corrected chi connectivity index (χ1v) is 8.11. The fourth-order valence-corrected chi connectivity index (χ4v) is 2.90. The van der Waals surface area contributed by atoms with Crippen molar-refractivity contribution in [3.8, 4) is 6.07 Å². The largest absolute Gasteiger partial charge is 0.346 e. The molecule has 2 aromatic carbocycles. The van der Waals surface area contributed by atoms with Crippen LogP contribution in [-0.2, 0) is 11.1 Å². The molecular weight excluding hydrogens is 306 g/mol. The standard InChI is InChI=1S/C15H14FN2O3P/c16-14-6-4-11(5-7-14)10-18-15(22(19,20)21)13-3-1-2-12(8-13)9-17/h1-8,15,18H,10H2,(H2,19,20,21)/t15-/m0/s1. The second-order valence-corrected chi connectivity index (χ2v) is 6.43. The monoisotopic (exact) mass is 320 g/mol. The average molecular weight is 320 g/mol. The van der Waals surface area contributed by atoms with Crippen LogP contribution in [0.3, 0.4) is 0 Å². The number of halogens is 1. The Balaban J connectivity index is 2.22. The molecule has 0 fully saturated rings. The van der Waals surface area contributed by atoms with Crippen LogP contribution in [0.25, 0.3) is 0 Å². The molecule has 0 amide bonds. The van der Waals surface area contributed by atoms with Crippen molar-refractivity contribution in [1.29, 1.82) is 5.26 Å². The van der Waals surface area contributed by atoms with E-state index in [1.165, 1.54) is 30.3 Å². The molecule has 0 aromatic heterocycles. The number of rotatable bonds is 5. The Kier molecular flexibility index (Phi) is 5.07. The van der Waals surface area contributed by atoms with Gasteiger partial charge in [0.2, 0.25) is 0 Å². The molecule has 1 atom stereocenters. The summed E-state index contributed by atoms with van der Waals surface area (Å²) in [6.45, 7) is 0.160. The molecule has 0 unspecified atom stereocenters. The molecule has 0 saturated carbocycles. The van der Waals surface area contributed by atoms with Gasteiger partial charge in [-0.2, -0.15) is 5.26 Å². The van der Waals surface area contributed by atoms with Gasteiger partial charge in [0, 0.05) is 6.54 Å². The van der Waals surface area contributed by atoms with Crippen molar-refractivity contribution in [1.82, 2.24) is 5.32 Å². The van der Waals surface area contributed by atoms with Crippen LogP contribution in [0.2, 0.25) is 0 Å². The molecule has 0 aliphatic carbocycles. The summed E-state index contributed by atoms with van der Waals surface area (Å²) in [5.41, 5.74) is 1.34. The maximum absolute atomic E-state index is 12.8. The number of nitrogens with zero attached hydrogens (tertiary/aromatic N) is 1. The summed E-state index contributed by atoms with van der Waals surface area (Å²) in [6, 6.07) is 13.6. The van der Waals surface area contributed by atoms with Gasteiger partial charge in [0.1, 0.15) is 11.6 Å². The zero-order valence-electron chi connectivity index (χ0n) is 11.5. The molecule has 114 valence electrons. The summed E-state index contributed by atoms with van der Waals surface area (Å²) >= 11 is 0. The molecule has 0 saturated heterocycles. The Hall–Kier alpha value is -2.03. The molecule has 0 aliphatic rings. The van der Waals surface area contributed by atoms with E-state index < -0.39 is 13.4 Å². The second kappa shape index (κ2) is 6.82. The Bertz CT molecular complexity index is 737. The van der Waals surface area contributed by atoms with Crippen molar-refractivity contribution in [3.05, 3.63) is 71.0 Å². The van der Waals surface area contributed by atoms with Crippen LogP contribution < -0.4 is 5.32 Å². The summed E-state index contributed by atoms with van der Waals surface area (Å²) in [4.78, 5) is 19.0. The molecule has 2 rings (SSSR count). The topological polar surface area (TPSA) is 93.4 Å². The van der Waals surface area contributed by atoms with E-state index in [0.717, 1.165) is 0 Å². The van der Waals surface area contributed by atoms with E-state index in [-0.39, 0.29) is 12.4 Å². The van der Waals surface area contributed by atoms with Gasteiger partial charge in [0.05, 0.1) is 11.6 Å². The van der Waals surface area contributed by atoms with E-state index in [4.69, 9.17) is 5.26 Å². The minimum atomic E-state index is -4.47. The lowest BCUT2D eigenvalue weighted by Gasteiger charge is -2.20. The number of hydrogen-bond acceptors (Lipinski definition) is 3. The van der Waals surface area contributed by atoms with Crippen molar-refractivity contribution in [3.63, 3.8) is 0 Å². The third-order valence-corrected chi connectivity index (χ3v) is 4.23. The third-order valence-electron chi connectivity index (χ3n) is 3.08. The highest BCUT2D eigenvalue weighted by Gasteiger charge is 2.30. The van der Waals surface area contributed by atoms with Gasteiger partial charge in [-0.05, 0) is 35.4 Å².